The van der Waals surface area contributed by atoms with E-state index in [0.717, 1.165) is 25.5 Å². The highest BCUT2D eigenvalue weighted by Crippen LogP contribution is 2.38. The zero-order valence-electron chi connectivity index (χ0n) is 18.0. The van der Waals surface area contributed by atoms with Gasteiger partial charge in [-0.25, -0.2) is 18.5 Å². The normalized spacial score (nSPS) is 15.2. The van der Waals surface area contributed by atoms with E-state index in [2.05, 4.69) is 15.3 Å². The van der Waals surface area contributed by atoms with Gasteiger partial charge in [-0.1, -0.05) is 18.5 Å². The van der Waals surface area contributed by atoms with Gasteiger partial charge in [0.05, 0.1) is 22.9 Å². The topological polar surface area (TPSA) is 99.6 Å². The maximum atomic E-state index is 13.5. The van der Waals surface area contributed by atoms with Crippen LogP contribution < -0.4 is 14.8 Å². The molecule has 0 radical (unpaired) electrons. The first-order chi connectivity index (χ1) is 15.7. The van der Waals surface area contributed by atoms with Crippen LogP contribution in [-0.2, 0) is 14.3 Å². The molecule has 1 aliphatic carbocycles. The van der Waals surface area contributed by atoms with Crippen molar-refractivity contribution < 1.29 is 26.5 Å². The summed E-state index contributed by atoms with van der Waals surface area (Å²) in [5.41, 5.74) is 1.12. The fourth-order valence-electron chi connectivity index (χ4n) is 3.23. The molecule has 8 nitrogen and oxygen atoms in total. The average Bonchev–Trinajstić information content (AvgIpc) is 2.72. The van der Waals surface area contributed by atoms with E-state index in [1.165, 1.54) is 24.5 Å². The predicted molar refractivity (Wildman–Crippen MR) is 123 cm³/mol. The second kappa shape index (κ2) is 9.66. The Labute approximate surface area is 196 Å². The summed E-state index contributed by atoms with van der Waals surface area (Å²) in [5, 5.41) is 3.67. The van der Waals surface area contributed by atoms with E-state index in [1.807, 2.05) is 0 Å². The third kappa shape index (κ3) is 5.82. The summed E-state index contributed by atoms with van der Waals surface area (Å²) in [7, 11) is -3.73. The molecule has 1 aromatic heterocycles. The Morgan fingerprint density at radius 3 is 2.64 bits per heavy atom. The number of nitrogens with one attached hydrogen (secondary N) is 1. The van der Waals surface area contributed by atoms with Crippen molar-refractivity contribution in [1.29, 1.82) is 0 Å². The second-order valence-corrected chi connectivity index (χ2v) is 9.73. The molecule has 1 atom stereocenters. The largest absolute Gasteiger partial charge is 0.486 e. The molecule has 33 heavy (non-hydrogen) atoms. The maximum Gasteiger partial charge on any atom is 0.267 e. The Morgan fingerprint density at radius 1 is 1.21 bits per heavy atom. The van der Waals surface area contributed by atoms with E-state index in [4.69, 9.17) is 25.3 Å². The van der Waals surface area contributed by atoms with Gasteiger partial charge in [0.1, 0.15) is 18.0 Å². The molecule has 1 aliphatic rings. The van der Waals surface area contributed by atoms with Gasteiger partial charge in [-0.3, -0.25) is 0 Å². The molecule has 4 rings (SSSR count). The number of benzene rings is 2. The van der Waals surface area contributed by atoms with Gasteiger partial charge in [-0.05, 0) is 43.5 Å². The summed E-state index contributed by atoms with van der Waals surface area (Å²) < 4.78 is 53.8. The van der Waals surface area contributed by atoms with E-state index >= 15 is 0 Å². The minimum atomic E-state index is -3.73. The van der Waals surface area contributed by atoms with Gasteiger partial charge in [0.15, 0.2) is 11.5 Å². The summed E-state index contributed by atoms with van der Waals surface area (Å²) in [6.07, 6.45) is 4.62. The van der Waals surface area contributed by atoms with Crippen LogP contribution in [0.1, 0.15) is 32.6 Å². The zero-order valence-corrected chi connectivity index (χ0v) is 19.6. The summed E-state index contributed by atoms with van der Waals surface area (Å²) in [6, 6.07) is 7.63. The number of fused-ring (bicyclic) bond motifs is 1. The molecule has 1 unspecified atom stereocenters. The van der Waals surface area contributed by atoms with Gasteiger partial charge in [0, 0.05) is 23.6 Å². The van der Waals surface area contributed by atoms with Crippen LogP contribution in [0, 0.1) is 5.82 Å². The zero-order chi connectivity index (χ0) is 23.6. The SMILES string of the molecule is CCC(Oc1cc2c(Nc3ccc(F)c(Cl)c3)ncnc2cc1OC1CCC1)OS(C)(=O)=O. The first-order valence-electron chi connectivity index (χ1n) is 10.4. The molecule has 11 heteroatoms. The van der Waals surface area contributed by atoms with E-state index in [9.17, 15) is 12.8 Å². The van der Waals surface area contributed by atoms with E-state index in [-0.39, 0.29) is 11.1 Å². The summed E-state index contributed by atoms with van der Waals surface area (Å²) in [5.74, 6) is 0.650. The van der Waals surface area contributed by atoms with Crippen LogP contribution in [0.15, 0.2) is 36.7 Å². The average molecular weight is 496 g/mol. The maximum absolute atomic E-state index is 13.5. The Morgan fingerprint density at radius 2 is 2.00 bits per heavy atom. The highest BCUT2D eigenvalue weighted by molar-refractivity contribution is 7.86. The second-order valence-electron chi connectivity index (χ2n) is 7.72. The molecule has 0 aliphatic heterocycles. The van der Waals surface area contributed by atoms with Crippen molar-refractivity contribution in [3.8, 4) is 11.5 Å². The van der Waals surface area contributed by atoms with Crippen LogP contribution in [0.5, 0.6) is 11.5 Å². The lowest BCUT2D eigenvalue weighted by Crippen LogP contribution is -2.26. The van der Waals surface area contributed by atoms with Crippen LogP contribution in [0.2, 0.25) is 5.02 Å². The van der Waals surface area contributed by atoms with Crippen molar-refractivity contribution >= 4 is 44.1 Å². The molecule has 1 saturated carbocycles. The van der Waals surface area contributed by atoms with Crippen molar-refractivity contribution in [2.45, 2.75) is 45.0 Å². The third-order valence-electron chi connectivity index (χ3n) is 5.10. The summed E-state index contributed by atoms with van der Waals surface area (Å²) in [4.78, 5) is 8.62. The summed E-state index contributed by atoms with van der Waals surface area (Å²) in [6.45, 7) is 1.75. The molecule has 176 valence electrons. The molecule has 0 bridgehead atoms. The highest BCUT2D eigenvalue weighted by Gasteiger charge is 2.24. The van der Waals surface area contributed by atoms with Gasteiger partial charge in [0.25, 0.3) is 10.1 Å². The Bertz CT molecular complexity index is 1270. The van der Waals surface area contributed by atoms with Crippen molar-refractivity contribution in [2.24, 2.45) is 0 Å². The molecule has 0 saturated heterocycles. The van der Waals surface area contributed by atoms with Gasteiger partial charge >= 0.3 is 0 Å². The van der Waals surface area contributed by atoms with Gasteiger partial charge in [0.2, 0.25) is 6.29 Å². The van der Waals surface area contributed by atoms with Crippen molar-refractivity contribution in [2.75, 3.05) is 11.6 Å². The lowest BCUT2D eigenvalue weighted by Gasteiger charge is -2.28. The number of nitrogens with zero attached hydrogens (tertiary/aromatic N) is 2. The van der Waals surface area contributed by atoms with Crippen LogP contribution in [0.3, 0.4) is 0 Å². The number of anilines is 2. The minimum absolute atomic E-state index is 0.0257. The molecule has 0 spiro atoms. The van der Waals surface area contributed by atoms with Crippen LogP contribution in [0.4, 0.5) is 15.9 Å². The number of hydrogen-bond donors (Lipinski definition) is 1. The number of halogens is 2. The van der Waals surface area contributed by atoms with Gasteiger partial charge in [-0.15, -0.1) is 0 Å². The fourth-order valence-corrected chi connectivity index (χ4v) is 3.98. The Balaban J connectivity index is 1.73. The van der Waals surface area contributed by atoms with Gasteiger partial charge < -0.3 is 14.8 Å². The third-order valence-corrected chi connectivity index (χ3v) is 5.96. The standard InChI is InChI=1S/C22H23ClFN3O5S/c1-3-21(32-33(2,28)29)31-19-10-15-18(11-20(19)30-14-5-4-6-14)25-12-26-22(15)27-13-7-8-17(24)16(23)9-13/h7-12,14,21H,3-6H2,1-2H3,(H,25,26,27). The van der Waals surface area contributed by atoms with E-state index < -0.39 is 22.2 Å². The van der Waals surface area contributed by atoms with Crippen molar-refractivity contribution in [3.05, 3.63) is 47.5 Å². The van der Waals surface area contributed by atoms with Crippen LogP contribution in [-0.4, -0.2) is 37.0 Å². The molecule has 1 fully saturated rings. The fraction of sp³-hybridized carbons (Fsp3) is 0.364. The highest BCUT2D eigenvalue weighted by atomic mass is 35.5. The molecule has 2 aromatic carbocycles. The van der Waals surface area contributed by atoms with Gasteiger partial charge in [-0.2, -0.15) is 8.42 Å². The first-order valence-corrected chi connectivity index (χ1v) is 12.6. The van der Waals surface area contributed by atoms with Crippen molar-refractivity contribution in [3.63, 3.8) is 0 Å². The van der Waals surface area contributed by atoms with Crippen LogP contribution >= 0.6 is 11.6 Å². The molecule has 3 aromatic rings. The quantitative estimate of drug-likeness (QED) is 0.320. The number of hydrogen-bond acceptors (Lipinski definition) is 8. The summed E-state index contributed by atoms with van der Waals surface area (Å²) >= 11 is 5.89. The number of ether oxygens (including phenoxy) is 2. The number of aromatic nitrogens is 2. The Hall–Kier alpha value is -2.69. The lowest BCUT2D eigenvalue weighted by molar-refractivity contribution is 0.00487. The van der Waals surface area contributed by atoms with Crippen LogP contribution in [0.25, 0.3) is 10.9 Å². The van der Waals surface area contributed by atoms with Crippen molar-refractivity contribution in [1.82, 2.24) is 9.97 Å². The van der Waals surface area contributed by atoms with E-state index in [1.54, 1.807) is 19.1 Å². The molecular weight excluding hydrogens is 473 g/mol. The smallest absolute Gasteiger partial charge is 0.267 e. The monoisotopic (exact) mass is 495 g/mol. The molecule has 1 heterocycles. The molecule has 0 amide bonds. The Kier molecular flexibility index (Phi) is 6.87. The first kappa shape index (κ1) is 23.5. The molecule has 1 N–H and O–H groups in total. The lowest BCUT2D eigenvalue weighted by atomic mass is 9.96. The minimum Gasteiger partial charge on any atom is -0.486 e. The number of rotatable bonds is 9. The predicted octanol–water partition coefficient (Wildman–Crippen LogP) is 5.19. The van der Waals surface area contributed by atoms with E-state index in [0.29, 0.717) is 40.3 Å². The molecular formula is C22H23ClFN3O5S.